The Morgan fingerprint density at radius 3 is 2.40 bits per heavy atom. The van der Waals surface area contributed by atoms with E-state index in [1.807, 2.05) is 69.3 Å². The number of nitrogens with one attached hydrogen (secondary N) is 1. The number of hydrogen-bond acceptors (Lipinski definition) is 3. The first kappa shape index (κ1) is 23.5. The zero-order valence-corrected chi connectivity index (χ0v) is 18.6. The van der Waals surface area contributed by atoms with Gasteiger partial charge in [-0.25, -0.2) is 0 Å². The molecule has 1 N–H and O–H groups in total. The highest BCUT2D eigenvalue weighted by Crippen LogP contribution is 2.16. The van der Waals surface area contributed by atoms with Crippen LogP contribution in [-0.4, -0.2) is 35.9 Å². The van der Waals surface area contributed by atoms with Gasteiger partial charge < -0.3 is 15.0 Å². The average molecular weight is 411 g/mol. The molecule has 0 bridgehead atoms. The summed E-state index contributed by atoms with van der Waals surface area (Å²) in [4.78, 5) is 27.6. The van der Waals surface area contributed by atoms with Crippen molar-refractivity contribution in [2.24, 2.45) is 0 Å². The molecule has 1 unspecified atom stereocenters. The highest BCUT2D eigenvalue weighted by atomic mass is 16.5. The summed E-state index contributed by atoms with van der Waals surface area (Å²) >= 11 is 0. The predicted octanol–water partition coefficient (Wildman–Crippen LogP) is 4.41. The number of carbonyl (C=O) groups is 2. The van der Waals surface area contributed by atoms with Crippen molar-refractivity contribution in [3.63, 3.8) is 0 Å². The molecule has 2 aromatic carbocycles. The Morgan fingerprint density at radius 2 is 1.77 bits per heavy atom. The molecule has 0 fully saturated rings. The van der Waals surface area contributed by atoms with Crippen molar-refractivity contribution >= 4 is 11.8 Å². The lowest BCUT2D eigenvalue weighted by Crippen LogP contribution is -2.50. The van der Waals surface area contributed by atoms with E-state index in [0.29, 0.717) is 25.3 Å². The molecule has 0 saturated heterocycles. The van der Waals surface area contributed by atoms with Gasteiger partial charge in [-0.15, -0.1) is 0 Å². The monoisotopic (exact) mass is 410 g/mol. The summed E-state index contributed by atoms with van der Waals surface area (Å²) in [6.45, 7) is 8.91. The lowest BCUT2D eigenvalue weighted by molar-refractivity contribution is -0.143. The molecule has 2 aromatic rings. The van der Waals surface area contributed by atoms with E-state index in [9.17, 15) is 9.59 Å². The van der Waals surface area contributed by atoms with Crippen LogP contribution in [0.1, 0.15) is 49.8 Å². The van der Waals surface area contributed by atoms with Gasteiger partial charge in [-0.05, 0) is 49.9 Å². The molecule has 162 valence electrons. The summed E-state index contributed by atoms with van der Waals surface area (Å²) in [7, 11) is 0. The summed E-state index contributed by atoms with van der Waals surface area (Å²) in [5.41, 5.74) is 3.21. The van der Waals surface area contributed by atoms with Gasteiger partial charge in [0.15, 0.2) is 6.61 Å². The first-order valence-corrected chi connectivity index (χ1v) is 10.8. The Balaban J connectivity index is 2.16. The molecule has 1 atom stereocenters. The molecule has 2 rings (SSSR count). The molecular weight excluding hydrogens is 376 g/mol. The quantitative estimate of drug-likeness (QED) is 0.559. The Bertz CT molecular complexity index is 817. The molecule has 5 heteroatoms. The van der Waals surface area contributed by atoms with Gasteiger partial charge in [-0.3, -0.25) is 9.59 Å². The molecule has 0 heterocycles. The van der Waals surface area contributed by atoms with Gasteiger partial charge in [0.05, 0.1) is 0 Å². The van der Waals surface area contributed by atoms with Crippen LogP contribution in [0.5, 0.6) is 5.75 Å². The molecule has 0 radical (unpaired) electrons. The summed E-state index contributed by atoms with van der Waals surface area (Å²) in [6.07, 6.45) is 2.47. The van der Waals surface area contributed by atoms with E-state index in [-0.39, 0.29) is 18.4 Å². The van der Waals surface area contributed by atoms with E-state index in [1.165, 1.54) is 0 Å². The molecule has 0 aliphatic carbocycles. The summed E-state index contributed by atoms with van der Waals surface area (Å²) in [6, 6.07) is 15.1. The van der Waals surface area contributed by atoms with Crippen molar-refractivity contribution in [1.29, 1.82) is 0 Å². The lowest BCUT2D eigenvalue weighted by Gasteiger charge is -2.30. The van der Waals surface area contributed by atoms with Crippen LogP contribution in [0.15, 0.2) is 48.5 Å². The molecule has 0 aromatic heterocycles. The van der Waals surface area contributed by atoms with Gasteiger partial charge in [-0.1, -0.05) is 62.2 Å². The second-order valence-corrected chi connectivity index (χ2v) is 7.68. The standard InChI is InChI=1S/C25H34N2O3/c1-5-7-15-26-25(29)23(6-2)27(17-21-13-11-19(3)12-14-21)24(28)18-30-22-10-8-9-20(4)16-22/h8-14,16,23H,5-7,15,17-18H2,1-4H3,(H,26,29). The highest BCUT2D eigenvalue weighted by Gasteiger charge is 2.28. The number of rotatable bonds is 11. The number of carbonyl (C=O) groups excluding carboxylic acids is 2. The number of unbranched alkanes of at least 4 members (excludes halogenated alkanes) is 1. The molecular formula is C25H34N2O3. The maximum Gasteiger partial charge on any atom is 0.261 e. The van der Waals surface area contributed by atoms with Crippen molar-refractivity contribution in [2.75, 3.05) is 13.2 Å². The normalized spacial score (nSPS) is 11.6. The van der Waals surface area contributed by atoms with E-state index in [2.05, 4.69) is 12.2 Å². The van der Waals surface area contributed by atoms with Crippen LogP contribution < -0.4 is 10.1 Å². The Morgan fingerprint density at radius 1 is 1.03 bits per heavy atom. The zero-order valence-electron chi connectivity index (χ0n) is 18.6. The van der Waals surface area contributed by atoms with E-state index in [4.69, 9.17) is 4.74 Å². The minimum atomic E-state index is -0.531. The molecule has 0 spiro atoms. The molecule has 0 aliphatic rings. The molecule has 5 nitrogen and oxygen atoms in total. The van der Waals surface area contributed by atoms with Crippen LogP contribution >= 0.6 is 0 Å². The summed E-state index contributed by atoms with van der Waals surface area (Å²) < 4.78 is 5.74. The second kappa shape index (κ2) is 12.0. The molecule has 2 amide bonds. The lowest BCUT2D eigenvalue weighted by atomic mass is 10.1. The maximum atomic E-state index is 13.1. The Labute approximate surface area is 180 Å². The first-order valence-electron chi connectivity index (χ1n) is 10.8. The van der Waals surface area contributed by atoms with E-state index in [0.717, 1.165) is 29.5 Å². The van der Waals surface area contributed by atoms with Crippen molar-refractivity contribution in [3.8, 4) is 5.75 Å². The number of ether oxygens (including phenoxy) is 1. The largest absolute Gasteiger partial charge is 0.484 e. The zero-order chi connectivity index (χ0) is 21.9. The van der Waals surface area contributed by atoms with E-state index < -0.39 is 6.04 Å². The van der Waals surface area contributed by atoms with Gasteiger partial charge in [0, 0.05) is 13.1 Å². The fraction of sp³-hybridized carbons (Fsp3) is 0.440. The second-order valence-electron chi connectivity index (χ2n) is 7.68. The average Bonchev–Trinajstić information content (AvgIpc) is 2.73. The topological polar surface area (TPSA) is 58.6 Å². The number of nitrogens with zero attached hydrogens (tertiary/aromatic N) is 1. The minimum absolute atomic E-state index is 0.103. The molecule has 30 heavy (non-hydrogen) atoms. The van der Waals surface area contributed by atoms with Gasteiger partial charge in [0.1, 0.15) is 11.8 Å². The van der Waals surface area contributed by atoms with Crippen molar-refractivity contribution < 1.29 is 14.3 Å². The maximum absolute atomic E-state index is 13.1. The smallest absolute Gasteiger partial charge is 0.261 e. The predicted molar refractivity (Wildman–Crippen MR) is 120 cm³/mol. The van der Waals surface area contributed by atoms with E-state index >= 15 is 0 Å². The Hall–Kier alpha value is -2.82. The number of amides is 2. The van der Waals surface area contributed by atoms with Crippen LogP contribution in [0, 0.1) is 13.8 Å². The van der Waals surface area contributed by atoms with Gasteiger partial charge >= 0.3 is 0 Å². The minimum Gasteiger partial charge on any atom is -0.484 e. The summed E-state index contributed by atoms with van der Waals surface area (Å²) in [5.74, 6) is 0.343. The third-order valence-corrected chi connectivity index (χ3v) is 5.04. The Kier molecular flexibility index (Phi) is 9.39. The van der Waals surface area contributed by atoms with Gasteiger partial charge in [-0.2, -0.15) is 0 Å². The highest BCUT2D eigenvalue weighted by molar-refractivity contribution is 5.88. The first-order chi connectivity index (χ1) is 14.4. The van der Waals surface area contributed by atoms with Crippen LogP contribution in [-0.2, 0) is 16.1 Å². The number of aryl methyl sites for hydroxylation is 2. The third-order valence-electron chi connectivity index (χ3n) is 5.04. The van der Waals surface area contributed by atoms with Crippen molar-refractivity contribution in [3.05, 3.63) is 65.2 Å². The SMILES string of the molecule is CCCCNC(=O)C(CC)N(Cc1ccc(C)cc1)C(=O)COc1cccc(C)c1. The summed E-state index contributed by atoms with van der Waals surface area (Å²) in [5, 5.41) is 2.97. The van der Waals surface area contributed by atoms with E-state index in [1.54, 1.807) is 4.90 Å². The fourth-order valence-electron chi connectivity index (χ4n) is 3.25. The molecule has 0 saturated carbocycles. The van der Waals surface area contributed by atoms with Gasteiger partial charge in [0.2, 0.25) is 5.91 Å². The van der Waals surface area contributed by atoms with Crippen LogP contribution in [0.2, 0.25) is 0 Å². The van der Waals surface area contributed by atoms with Crippen LogP contribution in [0.4, 0.5) is 0 Å². The number of benzene rings is 2. The van der Waals surface area contributed by atoms with Crippen LogP contribution in [0.3, 0.4) is 0 Å². The number of hydrogen-bond donors (Lipinski definition) is 1. The van der Waals surface area contributed by atoms with Crippen molar-refractivity contribution in [1.82, 2.24) is 10.2 Å². The van der Waals surface area contributed by atoms with Crippen LogP contribution in [0.25, 0.3) is 0 Å². The fourth-order valence-corrected chi connectivity index (χ4v) is 3.25. The third kappa shape index (κ3) is 7.21. The van der Waals surface area contributed by atoms with Crippen molar-refractivity contribution in [2.45, 2.75) is 59.5 Å². The van der Waals surface area contributed by atoms with Gasteiger partial charge in [0.25, 0.3) is 5.91 Å². The molecule has 0 aliphatic heterocycles.